The third-order valence-corrected chi connectivity index (χ3v) is 7.14. The van der Waals surface area contributed by atoms with E-state index in [1.54, 1.807) is 24.3 Å². The first kappa shape index (κ1) is 21.5. The maximum absolute atomic E-state index is 12.7. The van der Waals surface area contributed by atoms with Crippen LogP contribution in [0.4, 0.5) is 0 Å². The van der Waals surface area contributed by atoms with Gasteiger partial charge in [0.05, 0.1) is 10.5 Å². The summed E-state index contributed by atoms with van der Waals surface area (Å²) in [6.07, 6.45) is 1.68. The smallest absolute Gasteiger partial charge is 0.338 e. The second kappa shape index (κ2) is 9.07. The molecule has 0 radical (unpaired) electrons. The molecule has 1 aliphatic heterocycles. The Morgan fingerprint density at radius 1 is 1.00 bits per heavy atom. The van der Waals surface area contributed by atoms with Crippen LogP contribution in [-0.4, -0.2) is 44.2 Å². The SMILES string of the molecule is CC1CCN(S(=O)(=O)c2ccc(C(=O)OCC(=O)c3ccc(Cl)cc3)cc2)CC1. The standard InChI is InChI=1S/C21H22ClNO5S/c1-15-10-12-23(13-11-15)29(26,27)19-8-4-17(5-9-19)21(25)28-14-20(24)16-2-6-18(22)7-3-16/h2-9,15H,10-14H2,1H3. The van der Waals surface area contributed by atoms with Crippen molar-refractivity contribution < 1.29 is 22.7 Å². The number of hydrogen-bond acceptors (Lipinski definition) is 5. The Morgan fingerprint density at radius 3 is 2.14 bits per heavy atom. The Bertz CT molecular complexity index is 979. The second-order valence-electron chi connectivity index (χ2n) is 7.12. The number of carbonyl (C=O) groups is 2. The van der Waals surface area contributed by atoms with Gasteiger partial charge in [-0.3, -0.25) is 4.79 Å². The van der Waals surface area contributed by atoms with Crippen molar-refractivity contribution in [2.75, 3.05) is 19.7 Å². The molecule has 154 valence electrons. The Hall–Kier alpha value is -2.22. The highest BCUT2D eigenvalue weighted by Gasteiger charge is 2.28. The van der Waals surface area contributed by atoms with E-state index in [1.165, 1.54) is 28.6 Å². The largest absolute Gasteiger partial charge is 0.454 e. The zero-order chi connectivity index (χ0) is 21.0. The molecule has 1 heterocycles. The van der Waals surface area contributed by atoms with Crippen LogP contribution in [0.3, 0.4) is 0 Å². The number of piperidine rings is 1. The lowest BCUT2D eigenvalue weighted by atomic mass is 10.0. The second-order valence-corrected chi connectivity index (χ2v) is 9.49. The molecule has 0 atom stereocenters. The van der Waals surface area contributed by atoms with Crippen LogP contribution < -0.4 is 0 Å². The molecule has 2 aromatic carbocycles. The number of nitrogens with zero attached hydrogens (tertiary/aromatic N) is 1. The van der Waals surface area contributed by atoms with Crippen molar-refractivity contribution in [1.29, 1.82) is 0 Å². The van der Waals surface area contributed by atoms with Gasteiger partial charge < -0.3 is 4.74 Å². The van der Waals surface area contributed by atoms with E-state index in [0.717, 1.165) is 12.8 Å². The third-order valence-electron chi connectivity index (χ3n) is 4.97. The van der Waals surface area contributed by atoms with Crippen LogP contribution in [0.15, 0.2) is 53.4 Å². The number of Topliss-reactive ketones (excluding diaryl/α,β-unsaturated/α-hetero) is 1. The number of sulfonamides is 1. The minimum atomic E-state index is -3.58. The van der Waals surface area contributed by atoms with Gasteiger partial charge in [0.2, 0.25) is 10.0 Å². The van der Waals surface area contributed by atoms with Gasteiger partial charge in [0, 0.05) is 23.7 Å². The molecule has 0 bridgehead atoms. The molecule has 1 saturated heterocycles. The monoisotopic (exact) mass is 435 g/mol. The van der Waals surface area contributed by atoms with Crippen molar-refractivity contribution in [2.45, 2.75) is 24.7 Å². The summed E-state index contributed by atoms with van der Waals surface area (Å²) in [5, 5.41) is 0.507. The lowest BCUT2D eigenvalue weighted by Gasteiger charge is -2.29. The molecule has 0 aliphatic carbocycles. The molecule has 8 heteroatoms. The summed E-state index contributed by atoms with van der Waals surface area (Å²) in [6, 6.07) is 11.9. The number of rotatable bonds is 6. The topological polar surface area (TPSA) is 80.8 Å². The van der Waals surface area contributed by atoms with E-state index in [2.05, 4.69) is 6.92 Å². The number of esters is 1. The van der Waals surface area contributed by atoms with E-state index in [1.807, 2.05) is 0 Å². The summed E-state index contributed by atoms with van der Waals surface area (Å²) >= 11 is 5.78. The highest BCUT2D eigenvalue weighted by molar-refractivity contribution is 7.89. The van der Waals surface area contributed by atoms with Crippen molar-refractivity contribution in [1.82, 2.24) is 4.31 Å². The molecular weight excluding hydrogens is 414 g/mol. The van der Waals surface area contributed by atoms with Crippen LogP contribution in [0, 0.1) is 5.92 Å². The highest BCUT2D eigenvalue weighted by Crippen LogP contribution is 2.23. The van der Waals surface area contributed by atoms with E-state index in [-0.39, 0.29) is 16.2 Å². The zero-order valence-corrected chi connectivity index (χ0v) is 17.6. The summed E-state index contributed by atoms with van der Waals surface area (Å²) in [5.74, 6) is -0.522. The Kier molecular flexibility index (Phi) is 6.72. The Labute approximate surface area is 175 Å². The van der Waals surface area contributed by atoms with Gasteiger partial charge in [-0.05, 0) is 67.3 Å². The van der Waals surface area contributed by atoms with Crippen molar-refractivity contribution in [3.63, 3.8) is 0 Å². The fourth-order valence-electron chi connectivity index (χ4n) is 3.07. The van der Waals surface area contributed by atoms with Crippen LogP contribution in [0.1, 0.15) is 40.5 Å². The van der Waals surface area contributed by atoms with E-state index < -0.39 is 22.6 Å². The number of ether oxygens (including phenoxy) is 1. The molecule has 0 N–H and O–H groups in total. The highest BCUT2D eigenvalue weighted by atomic mass is 35.5. The molecule has 0 amide bonds. The van der Waals surface area contributed by atoms with Crippen LogP contribution in [-0.2, 0) is 14.8 Å². The molecule has 0 saturated carbocycles. The van der Waals surface area contributed by atoms with Gasteiger partial charge in [-0.25, -0.2) is 13.2 Å². The maximum atomic E-state index is 12.7. The first-order valence-corrected chi connectivity index (χ1v) is 11.2. The molecule has 0 aromatic heterocycles. The van der Waals surface area contributed by atoms with Crippen molar-refractivity contribution in [3.05, 3.63) is 64.7 Å². The number of halogens is 1. The molecule has 2 aromatic rings. The van der Waals surface area contributed by atoms with Crippen molar-refractivity contribution in [2.24, 2.45) is 5.92 Å². The lowest BCUT2D eigenvalue weighted by molar-refractivity contribution is 0.0474. The van der Waals surface area contributed by atoms with Gasteiger partial charge in [-0.1, -0.05) is 18.5 Å². The maximum Gasteiger partial charge on any atom is 0.338 e. The molecule has 0 unspecified atom stereocenters. The molecule has 6 nitrogen and oxygen atoms in total. The van der Waals surface area contributed by atoms with Gasteiger partial charge in [0.1, 0.15) is 0 Å². The average Bonchev–Trinajstić information content (AvgIpc) is 2.72. The number of carbonyl (C=O) groups excluding carboxylic acids is 2. The summed E-state index contributed by atoms with van der Waals surface area (Å²) in [7, 11) is -3.58. The predicted molar refractivity (Wildman–Crippen MR) is 110 cm³/mol. The summed E-state index contributed by atoms with van der Waals surface area (Å²) in [4.78, 5) is 24.4. The third kappa shape index (κ3) is 5.23. The summed E-state index contributed by atoms with van der Waals surface area (Å²) < 4.78 is 32.0. The molecule has 1 fully saturated rings. The quantitative estimate of drug-likeness (QED) is 0.509. The minimum absolute atomic E-state index is 0.140. The van der Waals surface area contributed by atoms with E-state index in [9.17, 15) is 18.0 Å². The van der Waals surface area contributed by atoms with E-state index in [4.69, 9.17) is 16.3 Å². The van der Waals surface area contributed by atoms with Gasteiger partial charge in [0.25, 0.3) is 0 Å². The Morgan fingerprint density at radius 2 is 1.55 bits per heavy atom. The first-order chi connectivity index (χ1) is 13.8. The zero-order valence-electron chi connectivity index (χ0n) is 16.0. The molecule has 1 aliphatic rings. The van der Waals surface area contributed by atoms with Crippen molar-refractivity contribution in [3.8, 4) is 0 Å². The predicted octanol–water partition coefficient (Wildman–Crippen LogP) is 3.80. The van der Waals surface area contributed by atoms with Crippen LogP contribution in [0.5, 0.6) is 0 Å². The molecule has 0 spiro atoms. The summed E-state index contributed by atoms with van der Waals surface area (Å²) in [5.41, 5.74) is 0.569. The average molecular weight is 436 g/mol. The van der Waals surface area contributed by atoms with Crippen LogP contribution >= 0.6 is 11.6 Å². The van der Waals surface area contributed by atoms with Gasteiger partial charge in [0.15, 0.2) is 12.4 Å². The van der Waals surface area contributed by atoms with E-state index >= 15 is 0 Å². The Balaban J connectivity index is 1.61. The van der Waals surface area contributed by atoms with Gasteiger partial charge in [-0.15, -0.1) is 0 Å². The number of hydrogen-bond donors (Lipinski definition) is 0. The summed E-state index contributed by atoms with van der Waals surface area (Å²) in [6.45, 7) is 2.70. The normalized spacial score (nSPS) is 15.8. The van der Waals surface area contributed by atoms with E-state index in [0.29, 0.717) is 29.6 Å². The van der Waals surface area contributed by atoms with Gasteiger partial charge in [-0.2, -0.15) is 4.31 Å². The first-order valence-electron chi connectivity index (χ1n) is 9.33. The fraction of sp³-hybridized carbons (Fsp3) is 0.333. The number of ketones is 1. The molecular formula is C21H22ClNO5S. The van der Waals surface area contributed by atoms with Gasteiger partial charge >= 0.3 is 5.97 Å². The fourth-order valence-corrected chi connectivity index (χ4v) is 4.67. The molecule has 3 rings (SSSR count). The van der Waals surface area contributed by atoms with Crippen LogP contribution in [0.2, 0.25) is 5.02 Å². The van der Waals surface area contributed by atoms with Crippen LogP contribution in [0.25, 0.3) is 0 Å². The molecule has 29 heavy (non-hydrogen) atoms. The number of benzene rings is 2. The minimum Gasteiger partial charge on any atom is -0.454 e. The lowest BCUT2D eigenvalue weighted by Crippen LogP contribution is -2.37. The van der Waals surface area contributed by atoms with Crippen molar-refractivity contribution >= 4 is 33.4 Å².